The molecule has 1 aliphatic heterocycles. The summed E-state index contributed by atoms with van der Waals surface area (Å²) in [4.78, 5) is 4.46. The predicted octanol–water partition coefficient (Wildman–Crippen LogP) is 7.32. The average Bonchev–Trinajstić information content (AvgIpc) is 3.33. The van der Waals surface area contributed by atoms with Gasteiger partial charge in [0.2, 0.25) is 0 Å². The van der Waals surface area contributed by atoms with Gasteiger partial charge in [0.15, 0.2) is 0 Å². The summed E-state index contributed by atoms with van der Waals surface area (Å²) in [6, 6.07) is 4.93. The van der Waals surface area contributed by atoms with Crippen molar-refractivity contribution in [3.63, 3.8) is 0 Å². The molecule has 0 saturated carbocycles. The van der Waals surface area contributed by atoms with Gasteiger partial charge in [0.05, 0.1) is 8.80 Å². The third kappa shape index (κ3) is 4.17. The molecule has 5 heteroatoms. The smallest absolute Gasteiger partial charge is 0.123 e. The zero-order valence-corrected chi connectivity index (χ0v) is 26.4. The molecule has 0 amide bonds. The summed E-state index contributed by atoms with van der Waals surface area (Å²) < 4.78 is 6.66. The summed E-state index contributed by atoms with van der Waals surface area (Å²) in [6.45, 7) is 28.5. The Balaban J connectivity index is 2.05. The summed E-state index contributed by atoms with van der Waals surface area (Å²) in [7, 11) is -3.17. The highest BCUT2D eigenvalue weighted by Crippen LogP contribution is 2.57. The molecule has 1 aliphatic carbocycles. The van der Waals surface area contributed by atoms with E-state index in [0.29, 0.717) is 11.9 Å². The minimum absolute atomic E-state index is 0.0220. The SMILES string of the molecule is C=CCOc1c([Si](C)(C)C2=C3SC(C)C=C3c3cc(C)sc32)cc(C)c([SiH](C)C)c1C(C)(C)C. The Bertz CT molecular complexity index is 1220. The van der Waals surface area contributed by atoms with E-state index in [1.54, 1.807) is 10.4 Å². The lowest BCUT2D eigenvalue weighted by Crippen LogP contribution is -2.48. The van der Waals surface area contributed by atoms with Crippen LogP contribution in [0.15, 0.2) is 35.8 Å². The van der Waals surface area contributed by atoms with Crippen LogP contribution in [0.3, 0.4) is 0 Å². The Kier molecular flexibility index (Phi) is 6.82. The summed E-state index contributed by atoms with van der Waals surface area (Å²) >= 11 is 4.04. The van der Waals surface area contributed by atoms with E-state index >= 15 is 0 Å². The van der Waals surface area contributed by atoms with Crippen LogP contribution in [0.2, 0.25) is 26.2 Å². The number of aryl methyl sites for hydroxylation is 2. The number of hydrogen-bond donors (Lipinski definition) is 0. The lowest BCUT2D eigenvalue weighted by molar-refractivity contribution is 0.354. The van der Waals surface area contributed by atoms with Crippen molar-refractivity contribution in [2.45, 2.75) is 78.4 Å². The normalized spacial score (nSPS) is 17.9. The molecule has 0 N–H and O–H groups in total. The molecule has 2 heterocycles. The molecule has 0 spiro atoms. The number of hydrogen-bond acceptors (Lipinski definition) is 3. The lowest BCUT2D eigenvalue weighted by Gasteiger charge is -2.35. The zero-order valence-electron chi connectivity index (χ0n) is 22.6. The van der Waals surface area contributed by atoms with E-state index in [-0.39, 0.29) is 5.41 Å². The minimum Gasteiger partial charge on any atom is -0.489 e. The number of allylic oxidation sites excluding steroid dienone is 1. The Labute approximate surface area is 218 Å². The number of thioether (sulfide) groups is 1. The van der Waals surface area contributed by atoms with Gasteiger partial charge in [-0.25, -0.2) is 0 Å². The maximum absolute atomic E-state index is 6.66. The van der Waals surface area contributed by atoms with Crippen LogP contribution < -0.4 is 15.1 Å². The van der Waals surface area contributed by atoms with Crippen LogP contribution in [0.25, 0.3) is 10.8 Å². The van der Waals surface area contributed by atoms with Gasteiger partial charge in [-0.1, -0.05) is 82.5 Å². The molecule has 0 saturated heterocycles. The first kappa shape index (κ1) is 25.8. The van der Waals surface area contributed by atoms with Crippen molar-refractivity contribution in [1.29, 1.82) is 0 Å². The molecule has 0 radical (unpaired) electrons. The van der Waals surface area contributed by atoms with E-state index in [0.717, 1.165) is 5.75 Å². The molecular weight excluding hydrogens is 485 g/mol. The van der Waals surface area contributed by atoms with Crippen molar-refractivity contribution >= 4 is 61.1 Å². The Morgan fingerprint density at radius 3 is 2.44 bits per heavy atom. The number of fused-ring (bicyclic) bond motifs is 3. The van der Waals surface area contributed by atoms with Gasteiger partial charge in [0.25, 0.3) is 0 Å². The standard InChI is InChI=1S/C29H40OS2Si2/c1-12-13-30-24-22(14-17(2)27(33(8)9)23(24)29(5,6)7)34(10,11)28-25-20(15-18(3)31-25)21-16-19(4)32-26(21)28/h12,14-16,18,33H,1,13H2,2-11H3. The molecular formula is C29H40OS2Si2. The van der Waals surface area contributed by atoms with Crippen molar-refractivity contribution in [1.82, 2.24) is 0 Å². The predicted molar refractivity (Wildman–Crippen MR) is 162 cm³/mol. The van der Waals surface area contributed by atoms with Crippen molar-refractivity contribution in [3.8, 4) is 5.75 Å². The zero-order chi connectivity index (χ0) is 25.2. The molecule has 2 aromatic rings. The van der Waals surface area contributed by atoms with E-state index < -0.39 is 16.9 Å². The Hall–Kier alpha value is -1.28. The summed E-state index contributed by atoms with van der Waals surface area (Å²) in [6.07, 6.45) is 4.38. The quantitative estimate of drug-likeness (QED) is 0.289. The van der Waals surface area contributed by atoms with Crippen LogP contribution in [0, 0.1) is 13.8 Å². The van der Waals surface area contributed by atoms with Crippen molar-refractivity contribution in [2.75, 3.05) is 6.61 Å². The highest BCUT2D eigenvalue weighted by atomic mass is 32.2. The van der Waals surface area contributed by atoms with Crippen LogP contribution in [0.5, 0.6) is 5.75 Å². The number of benzene rings is 1. The van der Waals surface area contributed by atoms with Crippen LogP contribution in [-0.4, -0.2) is 28.7 Å². The molecule has 1 aromatic heterocycles. The first-order chi connectivity index (χ1) is 15.8. The minimum atomic E-state index is -2.11. The van der Waals surface area contributed by atoms with Crippen LogP contribution in [-0.2, 0) is 5.41 Å². The fraction of sp³-hybridized carbons (Fsp3) is 0.448. The molecule has 0 bridgehead atoms. The van der Waals surface area contributed by atoms with E-state index in [9.17, 15) is 0 Å². The van der Waals surface area contributed by atoms with Crippen molar-refractivity contribution in [3.05, 3.63) is 62.2 Å². The highest BCUT2D eigenvalue weighted by Gasteiger charge is 2.44. The van der Waals surface area contributed by atoms with E-state index in [2.05, 4.69) is 104 Å². The highest BCUT2D eigenvalue weighted by molar-refractivity contribution is 8.05. The summed E-state index contributed by atoms with van der Waals surface area (Å²) in [5.74, 6) is 1.15. The fourth-order valence-corrected chi connectivity index (χ4v) is 14.9. The first-order valence-electron chi connectivity index (χ1n) is 12.5. The molecule has 1 aromatic carbocycles. The van der Waals surface area contributed by atoms with Gasteiger partial charge in [-0.2, -0.15) is 0 Å². The Morgan fingerprint density at radius 2 is 1.85 bits per heavy atom. The van der Waals surface area contributed by atoms with Gasteiger partial charge < -0.3 is 4.74 Å². The average molecular weight is 525 g/mol. The summed E-state index contributed by atoms with van der Waals surface area (Å²) in [5, 5.41) is 5.20. The maximum atomic E-state index is 6.66. The topological polar surface area (TPSA) is 9.23 Å². The van der Waals surface area contributed by atoms with E-state index in [1.807, 2.05) is 17.4 Å². The second-order valence-electron chi connectivity index (χ2n) is 11.7. The molecule has 1 atom stereocenters. The van der Waals surface area contributed by atoms with E-state index in [1.165, 1.54) is 42.1 Å². The van der Waals surface area contributed by atoms with Gasteiger partial charge in [-0.3, -0.25) is 0 Å². The van der Waals surface area contributed by atoms with Gasteiger partial charge in [0, 0.05) is 25.5 Å². The molecule has 0 fully saturated rings. The van der Waals surface area contributed by atoms with Gasteiger partial charge in [-0.15, -0.1) is 23.1 Å². The molecule has 2 aliphatic rings. The monoisotopic (exact) mass is 524 g/mol. The number of ether oxygens (including phenoxy) is 1. The summed E-state index contributed by atoms with van der Waals surface area (Å²) in [5.41, 5.74) is 5.88. The maximum Gasteiger partial charge on any atom is 0.123 e. The van der Waals surface area contributed by atoms with E-state index in [4.69, 9.17) is 4.74 Å². The third-order valence-electron chi connectivity index (χ3n) is 7.05. The fourth-order valence-electron chi connectivity index (χ4n) is 5.76. The van der Waals surface area contributed by atoms with Crippen LogP contribution in [0.4, 0.5) is 0 Å². The third-order valence-corrected chi connectivity index (χ3v) is 15.0. The van der Waals surface area contributed by atoms with Crippen molar-refractivity contribution < 1.29 is 4.74 Å². The number of thiophene rings is 1. The van der Waals surface area contributed by atoms with Crippen LogP contribution >= 0.6 is 23.1 Å². The Morgan fingerprint density at radius 1 is 1.18 bits per heavy atom. The second kappa shape index (κ2) is 8.99. The number of rotatable bonds is 6. The molecule has 182 valence electrons. The molecule has 4 rings (SSSR count). The molecule has 34 heavy (non-hydrogen) atoms. The molecule has 1 nitrogen and oxygen atoms in total. The van der Waals surface area contributed by atoms with Gasteiger partial charge >= 0.3 is 0 Å². The largest absolute Gasteiger partial charge is 0.489 e. The van der Waals surface area contributed by atoms with Crippen LogP contribution in [0.1, 0.15) is 54.1 Å². The molecule has 1 unspecified atom stereocenters. The lowest BCUT2D eigenvalue weighted by atomic mass is 9.85. The second-order valence-corrected chi connectivity index (χ2v) is 21.5. The van der Waals surface area contributed by atoms with Gasteiger partial charge in [-0.05, 0) is 53.8 Å². The van der Waals surface area contributed by atoms with Gasteiger partial charge in [0.1, 0.15) is 20.4 Å². The van der Waals surface area contributed by atoms with Crippen molar-refractivity contribution in [2.24, 2.45) is 0 Å². The first-order valence-corrected chi connectivity index (χ1v) is 20.0.